The lowest BCUT2D eigenvalue weighted by Gasteiger charge is -2.39. The summed E-state index contributed by atoms with van der Waals surface area (Å²) in [5, 5.41) is 0.606. The molecule has 2 aromatic carbocycles. The number of piperidine rings is 1. The molecule has 0 spiro atoms. The van der Waals surface area contributed by atoms with Gasteiger partial charge >= 0.3 is 6.18 Å². The van der Waals surface area contributed by atoms with Gasteiger partial charge in [0.15, 0.2) is 0 Å². The van der Waals surface area contributed by atoms with Crippen LogP contribution in [0, 0.1) is 11.7 Å². The molecule has 2 saturated heterocycles. The van der Waals surface area contributed by atoms with Crippen molar-refractivity contribution < 1.29 is 30.8 Å². The molecule has 7 nitrogen and oxygen atoms in total. The van der Waals surface area contributed by atoms with Gasteiger partial charge in [-0.1, -0.05) is 18.2 Å². The first kappa shape index (κ1) is 26.4. The van der Waals surface area contributed by atoms with Crippen molar-refractivity contribution in [3.8, 4) is 0 Å². The van der Waals surface area contributed by atoms with Crippen LogP contribution in [-0.4, -0.2) is 67.8 Å². The van der Waals surface area contributed by atoms with Crippen molar-refractivity contribution in [1.82, 2.24) is 14.2 Å². The van der Waals surface area contributed by atoms with Crippen LogP contribution in [-0.2, 0) is 21.0 Å². The molecular weight excluding hydrogens is 524 g/mol. The Morgan fingerprint density at radius 1 is 0.947 bits per heavy atom. The Labute approximate surface area is 217 Å². The molecule has 5 rings (SSSR count). The second-order valence-corrected chi connectivity index (χ2v) is 11.4. The molecule has 12 heteroatoms. The van der Waals surface area contributed by atoms with E-state index in [1.54, 1.807) is 29.2 Å². The van der Waals surface area contributed by atoms with Gasteiger partial charge < -0.3 is 9.80 Å². The van der Waals surface area contributed by atoms with E-state index < -0.39 is 33.6 Å². The van der Waals surface area contributed by atoms with Crippen molar-refractivity contribution in [1.29, 1.82) is 0 Å². The Morgan fingerprint density at radius 3 is 2.32 bits per heavy atom. The third-order valence-electron chi connectivity index (χ3n) is 7.10. The van der Waals surface area contributed by atoms with E-state index in [0.29, 0.717) is 50.1 Å². The zero-order chi connectivity index (χ0) is 27.1. The van der Waals surface area contributed by atoms with Crippen LogP contribution in [0.4, 0.5) is 23.2 Å². The van der Waals surface area contributed by atoms with E-state index in [2.05, 4.69) is 4.98 Å². The van der Waals surface area contributed by atoms with E-state index in [1.807, 2.05) is 4.90 Å². The first-order chi connectivity index (χ1) is 18.0. The van der Waals surface area contributed by atoms with Gasteiger partial charge in [0.25, 0.3) is 0 Å². The SMILES string of the molecule is O=C(C1CCCN(S(=O)(=O)c2ccc(F)cc2)C1)N1CCN(c2cc(C(F)(F)F)nc3ccccc23)CC1. The third kappa shape index (κ3) is 5.19. The molecule has 3 heterocycles. The fourth-order valence-corrected chi connectivity index (χ4v) is 6.63. The van der Waals surface area contributed by atoms with Crippen LogP contribution in [0.1, 0.15) is 18.5 Å². The minimum Gasteiger partial charge on any atom is -0.367 e. The maximum absolute atomic E-state index is 13.5. The zero-order valence-corrected chi connectivity index (χ0v) is 21.2. The highest BCUT2D eigenvalue weighted by Crippen LogP contribution is 2.35. The number of amides is 1. The van der Waals surface area contributed by atoms with Crippen molar-refractivity contribution in [2.24, 2.45) is 5.92 Å². The van der Waals surface area contributed by atoms with Crippen molar-refractivity contribution in [2.75, 3.05) is 44.2 Å². The first-order valence-corrected chi connectivity index (χ1v) is 13.7. The summed E-state index contributed by atoms with van der Waals surface area (Å²) in [6.45, 7) is 1.58. The molecular formula is C26H26F4N4O3S. The van der Waals surface area contributed by atoms with Crippen molar-refractivity contribution >= 4 is 32.5 Å². The second kappa shape index (κ2) is 10.1. The number of sulfonamides is 1. The molecule has 1 atom stereocenters. The summed E-state index contributed by atoms with van der Waals surface area (Å²) < 4.78 is 81.0. The number of hydrogen-bond donors (Lipinski definition) is 0. The van der Waals surface area contributed by atoms with Gasteiger partial charge in [0, 0.05) is 50.3 Å². The lowest BCUT2D eigenvalue weighted by molar-refractivity contribution is -0.141. The Kier molecular flexibility index (Phi) is 7.03. The number of fused-ring (bicyclic) bond motifs is 1. The largest absolute Gasteiger partial charge is 0.433 e. The summed E-state index contributed by atoms with van der Waals surface area (Å²) in [5.41, 5.74) is -0.292. The highest BCUT2D eigenvalue weighted by atomic mass is 32.2. The van der Waals surface area contributed by atoms with Crippen LogP contribution in [0.15, 0.2) is 59.5 Å². The Bertz CT molecular complexity index is 1440. The van der Waals surface area contributed by atoms with Crippen molar-refractivity contribution in [2.45, 2.75) is 23.9 Å². The molecule has 202 valence electrons. The van der Waals surface area contributed by atoms with Gasteiger partial charge in [0.2, 0.25) is 15.9 Å². The van der Waals surface area contributed by atoms with Crippen molar-refractivity contribution in [3.63, 3.8) is 0 Å². The minimum atomic E-state index is -4.59. The molecule has 0 bridgehead atoms. The quantitative estimate of drug-likeness (QED) is 0.457. The Morgan fingerprint density at radius 2 is 1.63 bits per heavy atom. The van der Waals surface area contributed by atoms with Crippen LogP contribution in [0.2, 0.25) is 0 Å². The fourth-order valence-electron chi connectivity index (χ4n) is 5.11. The first-order valence-electron chi connectivity index (χ1n) is 12.3. The fraction of sp³-hybridized carbons (Fsp3) is 0.385. The molecule has 38 heavy (non-hydrogen) atoms. The lowest BCUT2D eigenvalue weighted by atomic mass is 9.97. The third-order valence-corrected chi connectivity index (χ3v) is 8.98. The molecule has 0 aliphatic carbocycles. The minimum absolute atomic E-state index is 0.0246. The number of pyridine rings is 1. The monoisotopic (exact) mass is 550 g/mol. The number of carbonyl (C=O) groups excluding carboxylic acids is 1. The number of nitrogens with zero attached hydrogens (tertiary/aromatic N) is 4. The number of para-hydroxylation sites is 1. The van der Waals surface area contributed by atoms with Gasteiger partial charge in [0.1, 0.15) is 11.5 Å². The molecule has 2 aliphatic heterocycles. The maximum atomic E-state index is 13.5. The van der Waals surface area contributed by atoms with Gasteiger partial charge in [0.05, 0.1) is 16.3 Å². The summed E-state index contributed by atoms with van der Waals surface area (Å²) in [5.74, 6) is -1.23. The molecule has 3 aromatic rings. The van der Waals surface area contributed by atoms with Crippen LogP contribution < -0.4 is 4.90 Å². The number of alkyl halides is 3. The molecule has 0 radical (unpaired) electrons. The summed E-state index contributed by atoms with van der Waals surface area (Å²) in [6.07, 6.45) is -3.53. The van der Waals surface area contributed by atoms with Gasteiger partial charge in [-0.2, -0.15) is 17.5 Å². The summed E-state index contributed by atoms with van der Waals surface area (Å²) in [4.78, 5) is 20.6. The Balaban J connectivity index is 1.28. The molecule has 1 amide bonds. The molecule has 2 aliphatic rings. The van der Waals surface area contributed by atoms with E-state index in [9.17, 15) is 30.8 Å². The highest BCUT2D eigenvalue weighted by molar-refractivity contribution is 7.89. The predicted molar refractivity (Wildman–Crippen MR) is 133 cm³/mol. The number of rotatable bonds is 4. The zero-order valence-electron chi connectivity index (χ0n) is 20.4. The topological polar surface area (TPSA) is 73.8 Å². The van der Waals surface area contributed by atoms with Gasteiger partial charge in [-0.3, -0.25) is 4.79 Å². The van der Waals surface area contributed by atoms with Crippen LogP contribution in [0.25, 0.3) is 10.9 Å². The van der Waals surface area contributed by atoms with Gasteiger partial charge in [-0.25, -0.2) is 17.8 Å². The van der Waals surface area contributed by atoms with Gasteiger partial charge in [-0.15, -0.1) is 0 Å². The average Bonchev–Trinajstić information content (AvgIpc) is 2.92. The molecule has 0 saturated carbocycles. The number of hydrogen-bond acceptors (Lipinski definition) is 5. The molecule has 0 N–H and O–H groups in total. The second-order valence-electron chi connectivity index (χ2n) is 9.51. The van der Waals surface area contributed by atoms with E-state index in [-0.39, 0.29) is 29.4 Å². The normalized spacial score (nSPS) is 19.6. The molecule has 2 fully saturated rings. The van der Waals surface area contributed by atoms with Crippen molar-refractivity contribution in [3.05, 3.63) is 66.1 Å². The van der Waals surface area contributed by atoms with Crippen LogP contribution in [0.3, 0.4) is 0 Å². The van der Waals surface area contributed by atoms with E-state index >= 15 is 0 Å². The molecule has 1 aromatic heterocycles. The number of piperazine rings is 1. The van der Waals surface area contributed by atoms with Crippen LogP contribution >= 0.6 is 0 Å². The Hall–Kier alpha value is -3.25. The summed E-state index contributed by atoms with van der Waals surface area (Å²) >= 11 is 0. The number of aromatic nitrogens is 1. The number of benzene rings is 2. The van der Waals surface area contributed by atoms with Gasteiger partial charge in [-0.05, 0) is 49.2 Å². The maximum Gasteiger partial charge on any atom is 0.433 e. The molecule has 1 unspecified atom stereocenters. The summed E-state index contributed by atoms with van der Waals surface area (Å²) in [6, 6.07) is 12.3. The summed E-state index contributed by atoms with van der Waals surface area (Å²) in [7, 11) is -3.87. The average molecular weight is 551 g/mol. The number of halogens is 4. The van der Waals surface area contributed by atoms with E-state index in [1.165, 1.54) is 16.4 Å². The smallest absolute Gasteiger partial charge is 0.367 e. The van der Waals surface area contributed by atoms with Crippen LogP contribution in [0.5, 0.6) is 0 Å². The highest BCUT2D eigenvalue weighted by Gasteiger charge is 2.37. The number of anilines is 1. The number of carbonyl (C=O) groups is 1. The predicted octanol–water partition coefficient (Wildman–Crippen LogP) is 4.14. The lowest BCUT2D eigenvalue weighted by Crippen LogP contribution is -2.53. The van der Waals surface area contributed by atoms with E-state index in [0.717, 1.165) is 18.2 Å². The van der Waals surface area contributed by atoms with E-state index in [4.69, 9.17) is 0 Å². The standard InChI is InChI=1S/C26H26F4N4O3S/c27-19-7-9-20(10-8-19)38(36,37)34-11-3-4-18(17-34)25(35)33-14-12-32(13-15-33)23-16-24(26(28,29)30)31-22-6-2-1-5-21(22)23/h1-2,5-10,16,18H,3-4,11-15,17H2.